The molecule has 1 heterocycles. The summed E-state index contributed by atoms with van der Waals surface area (Å²) in [6.45, 7) is 9.35. The smallest absolute Gasteiger partial charge is 0.256 e. The van der Waals surface area contributed by atoms with E-state index in [1.807, 2.05) is 6.92 Å². The number of carbonyl (C=O) groups excluding carboxylic acids is 2. The Morgan fingerprint density at radius 3 is 2.59 bits per heavy atom. The van der Waals surface area contributed by atoms with E-state index in [9.17, 15) is 9.59 Å². The van der Waals surface area contributed by atoms with E-state index in [1.165, 1.54) is 0 Å². The number of fused-ring (bicyclic) bond motifs is 3. The van der Waals surface area contributed by atoms with Gasteiger partial charge in [0.1, 0.15) is 5.67 Å². The first kappa shape index (κ1) is 25.4. The molecule has 0 spiro atoms. The maximum Gasteiger partial charge on any atom is 0.256 e. The Labute approximate surface area is 204 Å². The van der Waals surface area contributed by atoms with Crippen LogP contribution in [-0.2, 0) is 11.3 Å². The largest absolute Gasteiger partial charge is 0.342 e. The molecule has 3 aliphatic rings. The summed E-state index contributed by atoms with van der Waals surface area (Å²) in [6, 6.07) is 0. The highest BCUT2D eigenvalue weighted by Gasteiger charge is 2.61. The molecule has 0 radical (unpaired) electrons. The number of nitrogens with zero attached hydrogens (tertiary/aromatic N) is 3. The van der Waals surface area contributed by atoms with Crippen LogP contribution in [0.15, 0.2) is 12.4 Å². The average Bonchev–Trinajstić information content (AvgIpc) is 3.42. The van der Waals surface area contributed by atoms with Crippen molar-refractivity contribution in [1.82, 2.24) is 14.7 Å². The fourth-order valence-corrected chi connectivity index (χ4v) is 8.26. The van der Waals surface area contributed by atoms with Gasteiger partial charge in [-0.15, -0.1) is 0 Å². The number of carbonyl (C=O) groups is 2. The van der Waals surface area contributed by atoms with Crippen molar-refractivity contribution in [2.45, 2.75) is 97.7 Å². The number of Topliss-reactive ketones (excluding diaryl/α,β-unsaturated/α-hetero) is 1. The van der Waals surface area contributed by atoms with Crippen molar-refractivity contribution in [2.75, 3.05) is 13.6 Å². The number of amides is 1. The Morgan fingerprint density at radius 1 is 1.15 bits per heavy atom. The van der Waals surface area contributed by atoms with E-state index in [2.05, 4.69) is 25.9 Å². The van der Waals surface area contributed by atoms with Crippen molar-refractivity contribution in [2.24, 2.45) is 35.0 Å². The van der Waals surface area contributed by atoms with Crippen molar-refractivity contribution >= 4 is 11.7 Å². The molecule has 0 aliphatic heterocycles. The van der Waals surface area contributed by atoms with Gasteiger partial charge in [-0.2, -0.15) is 5.10 Å². The minimum absolute atomic E-state index is 0.00389. The third-order valence-electron chi connectivity index (χ3n) is 10.1. The maximum atomic E-state index is 16.5. The Morgan fingerprint density at radius 2 is 1.91 bits per heavy atom. The molecule has 190 valence electrons. The van der Waals surface area contributed by atoms with Crippen LogP contribution < -0.4 is 0 Å². The van der Waals surface area contributed by atoms with Crippen molar-refractivity contribution in [3.63, 3.8) is 0 Å². The number of ketones is 1. The van der Waals surface area contributed by atoms with Gasteiger partial charge in [-0.1, -0.05) is 33.6 Å². The minimum atomic E-state index is -1.03. The van der Waals surface area contributed by atoms with Gasteiger partial charge in [0.25, 0.3) is 5.91 Å². The molecule has 2 unspecified atom stereocenters. The van der Waals surface area contributed by atoms with Gasteiger partial charge in [-0.25, -0.2) is 4.39 Å². The van der Waals surface area contributed by atoms with Gasteiger partial charge in [-0.05, 0) is 81.0 Å². The van der Waals surface area contributed by atoms with E-state index in [-0.39, 0.29) is 41.4 Å². The summed E-state index contributed by atoms with van der Waals surface area (Å²) in [6.07, 6.45) is 11.7. The molecule has 3 saturated carbocycles. The van der Waals surface area contributed by atoms with Crippen molar-refractivity contribution < 1.29 is 14.0 Å². The zero-order valence-corrected chi connectivity index (χ0v) is 21.9. The highest BCUT2D eigenvalue weighted by Crippen LogP contribution is 2.65. The molecule has 34 heavy (non-hydrogen) atoms. The van der Waals surface area contributed by atoms with Gasteiger partial charge in [0, 0.05) is 25.7 Å². The molecule has 1 amide bonds. The molecule has 6 heteroatoms. The standard InChI is InChI=1S/C28H44FN3O2/c1-6-14-28(29)20(7-2)9-10-21-22-11-12-24(27(22,4)15-13-23(21)28)25(33)18-32-17-19(16-30-32)26(34)31(5)8-3/h16-17,20-24H,6-15,18H2,1-5H3/t20-,21-,22?,23?,24+,27-,28+/m0/s1. The first-order valence-electron chi connectivity index (χ1n) is 13.7. The zero-order valence-electron chi connectivity index (χ0n) is 21.9. The van der Waals surface area contributed by atoms with E-state index in [1.54, 1.807) is 29.0 Å². The predicted octanol–water partition coefficient (Wildman–Crippen LogP) is 5.93. The van der Waals surface area contributed by atoms with Crippen LogP contribution in [0.2, 0.25) is 0 Å². The molecule has 3 aliphatic carbocycles. The highest BCUT2D eigenvalue weighted by atomic mass is 19.1. The number of rotatable bonds is 8. The number of alkyl halides is 1. The molecule has 0 N–H and O–H groups in total. The second kappa shape index (κ2) is 9.73. The topological polar surface area (TPSA) is 55.2 Å². The summed E-state index contributed by atoms with van der Waals surface area (Å²) in [4.78, 5) is 27.5. The quantitative estimate of drug-likeness (QED) is 0.470. The SMILES string of the molecule is CCC[C@]1(F)C2CC[C@@]3(C)C(CC[C@@H]3C(=O)Cn3cc(C(=O)N(C)CC)cn3)[C@@H]2CC[C@@H]1CC. The molecular weight excluding hydrogens is 429 g/mol. The third kappa shape index (κ3) is 4.13. The Kier molecular flexibility index (Phi) is 7.26. The minimum Gasteiger partial charge on any atom is -0.342 e. The Balaban J connectivity index is 1.48. The van der Waals surface area contributed by atoms with Crippen LogP contribution in [0, 0.1) is 35.0 Å². The van der Waals surface area contributed by atoms with Crippen LogP contribution in [0.1, 0.15) is 95.8 Å². The van der Waals surface area contributed by atoms with E-state index in [0.717, 1.165) is 51.4 Å². The second-order valence-electron chi connectivity index (χ2n) is 11.6. The first-order valence-corrected chi connectivity index (χ1v) is 13.7. The highest BCUT2D eigenvalue weighted by molar-refractivity contribution is 5.93. The normalized spacial score (nSPS) is 37.2. The molecule has 5 nitrogen and oxygen atoms in total. The summed E-state index contributed by atoms with van der Waals surface area (Å²) in [5.74, 6) is 1.36. The van der Waals surface area contributed by atoms with Crippen LogP contribution in [-0.4, -0.2) is 45.6 Å². The number of halogens is 1. The number of hydrogen-bond donors (Lipinski definition) is 0. The van der Waals surface area contributed by atoms with Crippen LogP contribution >= 0.6 is 0 Å². The fraction of sp³-hybridized carbons (Fsp3) is 0.821. The van der Waals surface area contributed by atoms with Gasteiger partial charge < -0.3 is 4.90 Å². The van der Waals surface area contributed by atoms with E-state index >= 15 is 4.39 Å². The molecule has 1 aromatic rings. The Bertz CT molecular complexity index is 900. The van der Waals surface area contributed by atoms with Crippen LogP contribution in [0.5, 0.6) is 0 Å². The molecule has 0 saturated heterocycles. The van der Waals surface area contributed by atoms with Gasteiger partial charge in [0.2, 0.25) is 0 Å². The molecule has 1 aromatic heterocycles. The lowest BCUT2D eigenvalue weighted by molar-refractivity contribution is -0.138. The third-order valence-corrected chi connectivity index (χ3v) is 10.1. The summed E-state index contributed by atoms with van der Waals surface area (Å²) < 4.78 is 18.2. The molecule has 4 rings (SSSR count). The lowest BCUT2D eigenvalue weighted by atomic mass is 9.49. The molecular formula is C28H44FN3O2. The number of hydrogen-bond acceptors (Lipinski definition) is 3. The lowest BCUT2D eigenvalue weighted by Crippen LogP contribution is -2.55. The van der Waals surface area contributed by atoms with E-state index < -0.39 is 5.67 Å². The molecule has 7 atom stereocenters. The van der Waals surface area contributed by atoms with Gasteiger partial charge >= 0.3 is 0 Å². The Hall–Kier alpha value is -1.72. The zero-order chi connectivity index (χ0) is 24.7. The van der Waals surface area contributed by atoms with Crippen molar-refractivity contribution in [1.29, 1.82) is 0 Å². The van der Waals surface area contributed by atoms with Gasteiger partial charge in [-0.3, -0.25) is 14.3 Å². The molecule has 0 bridgehead atoms. The van der Waals surface area contributed by atoms with Gasteiger partial charge in [0.15, 0.2) is 5.78 Å². The van der Waals surface area contributed by atoms with Gasteiger partial charge in [0.05, 0.1) is 18.3 Å². The second-order valence-corrected chi connectivity index (χ2v) is 11.6. The lowest BCUT2D eigenvalue weighted by Gasteiger charge is -2.57. The van der Waals surface area contributed by atoms with E-state index in [4.69, 9.17) is 0 Å². The van der Waals surface area contributed by atoms with Crippen LogP contribution in [0.25, 0.3) is 0 Å². The average molecular weight is 474 g/mol. The monoisotopic (exact) mass is 473 g/mol. The van der Waals surface area contributed by atoms with Crippen LogP contribution in [0.4, 0.5) is 4.39 Å². The summed E-state index contributed by atoms with van der Waals surface area (Å²) in [7, 11) is 1.77. The molecule has 3 fully saturated rings. The maximum absolute atomic E-state index is 16.5. The summed E-state index contributed by atoms with van der Waals surface area (Å²) in [5, 5.41) is 4.31. The summed E-state index contributed by atoms with van der Waals surface area (Å²) >= 11 is 0. The van der Waals surface area contributed by atoms with Crippen LogP contribution in [0.3, 0.4) is 0 Å². The van der Waals surface area contributed by atoms with Crippen molar-refractivity contribution in [3.8, 4) is 0 Å². The van der Waals surface area contributed by atoms with Crippen molar-refractivity contribution in [3.05, 3.63) is 18.0 Å². The summed E-state index contributed by atoms with van der Waals surface area (Å²) in [5.41, 5.74) is -0.547. The number of aromatic nitrogens is 2. The van der Waals surface area contributed by atoms with E-state index in [0.29, 0.717) is 30.4 Å². The predicted molar refractivity (Wildman–Crippen MR) is 132 cm³/mol. The first-order chi connectivity index (χ1) is 16.2. The molecule has 0 aromatic carbocycles. The fourth-order valence-electron chi connectivity index (χ4n) is 8.26.